The van der Waals surface area contributed by atoms with Crippen LogP contribution in [0.3, 0.4) is 0 Å². The van der Waals surface area contributed by atoms with Gasteiger partial charge in [-0.25, -0.2) is 4.39 Å². The van der Waals surface area contributed by atoms with Crippen molar-refractivity contribution in [1.82, 2.24) is 5.32 Å². The van der Waals surface area contributed by atoms with Crippen LogP contribution in [0.15, 0.2) is 0 Å². The van der Waals surface area contributed by atoms with E-state index in [1.165, 1.54) is 32.1 Å². The van der Waals surface area contributed by atoms with E-state index in [1.54, 1.807) is 6.92 Å². The highest BCUT2D eigenvalue weighted by Crippen LogP contribution is 2.42. The van der Waals surface area contributed by atoms with Crippen LogP contribution in [-0.2, 0) is 4.79 Å². The lowest BCUT2D eigenvalue weighted by molar-refractivity contribution is -0.0979. The molecule has 0 amide bonds. The topological polar surface area (TPSA) is 29.1 Å². The van der Waals surface area contributed by atoms with Crippen LogP contribution in [0.1, 0.15) is 71.6 Å². The first-order valence-electron chi connectivity index (χ1n) is 8.21. The summed E-state index contributed by atoms with van der Waals surface area (Å²) in [4.78, 5) is 8.00. The van der Waals surface area contributed by atoms with Gasteiger partial charge in [0.05, 0.1) is 0 Å². The van der Waals surface area contributed by atoms with Crippen molar-refractivity contribution in [2.45, 2.75) is 77.3 Å². The number of nitrogens with one attached hydrogen (secondary N) is 1. The van der Waals surface area contributed by atoms with Crippen molar-refractivity contribution in [2.24, 2.45) is 11.8 Å². The van der Waals surface area contributed by atoms with Crippen LogP contribution >= 0.6 is 0 Å². The van der Waals surface area contributed by atoms with Crippen LogP contribution < -0.4 is 5.32 Å². The first kappa shape index (κ1) is 19.6. The van der Waals surface area contributed by atoms with E-state index in [9.17, 15) is 4.39 Å². The Morgan fingerprint density at radius 1 is 1.05 bits per heavy atom. The maximum absolute atomic E-state index is 13.6. The normalized spacial score (nSPS) is 30.5. The fourth-order valence-corrected chi connectivity index (χ4v) is 3.32. The number of alkyl halides is 1. The van der Waals surface area contributed by atoms with Gasteiger partial charge in [-0.1, -0.05) is 39.0 Å². The predicted octanol–water partition coefficient (Wildman–Crippen LogP) is 4.53. The number of halogens is 1. The van der Waals surface area contributed by atoms with E-state index in [2.05, 4.69) is 12.2 Å². The van der Waals surface area contributed by atoms with Crippen molar-refractivity contribution in [3.8, 4) is 0 Å². The van der Waals surface area contributed by atoms with Crippen LogP contribution in [0.2, 0.25) is 0 Å². The molecular weight excluding hydrogens is 253 g/mol. The monoisotopic (exact) mass is 287 g/mol. The lowest BCUT2D eigenvalue weighted by Crippen LogP contribution is -2.30. The average Bonchev–Trinajstić information content (AvgIpc) is 2.50. The molecule has 2 aliphatic rings. The lowest BCUT2D eigenvalue weighted by Gasteiger charge is -2.37. The summed E-state index contributed by atoms with van der Waals surface area (Å²) >= 11 is 0. The second-order valence-corrected chi connectivity index (χ2v) is 6.36. The average molecular weight is 287 g/mol. The molecule has 0 aromatic rings. The van der Waals surface area contributed by atoms with E-state index < -0.39 is 5.67 Å². The molecule has 0 heterocycles. The van der Waals surface area contributed by atoms with Gasteiger partial charge in [0.1, 0.15) is 12.5 Å². The molecule has 0 atom stereocenters. The van der Waals surface area contributed by atoms with Crippen molar-refractivity contribution in [2.75, 3.05) is 13.6 Å². The number of rotatable bonds is 2. The third-order valence-electron chi connectivity index (χ3n) is 4.74. The molecule has 120 valence electrons. The van der Waals surface area contributed by atoms with Crippen molar-refractivity contribution in [3.05, 3.63) is 0 Å². The highest BCUT2D eigenvalue weighted by atomic mass is 19.1. The van der Waals surface area contributed by atoms with Gasteiger partial charge in [-0.2, -0.15) is 0 Å². The van der Waals surface area contributed by atoms with Gasteiger partial charge in [0.25, 0.3) is 0 Å². The molecule has 2 nitrogen and oxygen atoms in total. The molecular formula is C17H34FNO. The van der Waals surface area contributed by atoms with Crippen molar-refractivity contribution < 1.29 is 9.18 Å². The zero-order chi connectivity index (χ0) is 15.4. The van der Waals surface area contributed by atoms with Gasteiger partial charge in [-0.3, -0.25) is 0 Å². The molecule has 20 heavy (non-hydrogen) atoms. The molecule has 2 aliphatic carbocycles. The standard InChI is InChI=1S/C13H23F.C3H9N.CH2O/c1-13(14)9-7-12(8-10-13)11-5-3-2-4-6-11;1-3-4-2;1-2/h11-12H,2-10H2,1H3;4H,3H2,1-2H3;1H2. The molecule has 0 spiro atoms. The van der Waals surface area contributed by atoms with Crippen LogP contribution in [0, 0.1) is 11.8 Å². The van der Waals surface area contributed by atoms with E-state index in [0.717, 1.165) is 44.1 Å². The molecule has 0 bridgehead atoms. The van der Waals surface area contributed by atoms with Gasteiger partial charge in [0, 0.05) is 0 Å². The summed E-state index contributed by atoms with van der Waals surface area (Å²) in [7, 11) is 1.93. The minimum Gasteiger partial charge on any atom is -0.320 e. The molecule has 0 radical (unpaired) electrons. The zero-order valence-corrected chi connectivity index (χ0v) is 13.7. The highest BCUT2D eigenvalue weighted by molar-refractivity contribution is 5.11. The highest BCUT2D eigenvalue weighted by Gasteiger charge is 2.34. The van der Waals surface area contributed by atoms with E-state index in [0.29, 0.717) is 0 Å². The Bertz CT molecular complexity index is 215. The van der Waals surface area contributed by atoms with Gasteiger partial charge in [0.15, 0.2) is 0 Å². The van der Waals surface area contributed by atoms with Crippen LogP contribution in [0.5, 0.6) is 0 Å². The molecule has 2 rings (SSSR count). The zero-order valence-electron chi connectivity index (χ0n) is 13.7. The van der Waals surface area contributed by atoms with E-state index in [1.807, 2.05) is 13.8 Å². The lowest BCUT2D eigenvalue weighted by atomic mass is 9.70. The fourth-order valence-electron chi connectivity index (χ4n) is 3.32. The fraction of sp³-hybridized carbons (Fsp3) is 0.941. The summed E-state index contributed by atoms with van der Waals surface area (Å²) < 4.78 is 13.6. The summed E-state index contributed by atoms with van der Waals surface area (Å²) in [5, 5.41) is 2.93. The Morgan fingerprint density at radius 3 is 1.85 bits per heavy atom. The number of hydrogen-bond acceptors (Lipinski definition) is 2. The molecule has 1 N–H and O–H groups in total. The second-order valence-electron chi connectivity index (χ2n) is 6.36. The molecule has 0 saturated heterocycles. The summed E-state index contributed by atoms with van der Waals surface area (Å²) in [5.74, 6) is 1.80. The Balaban J connectivity index is 0.000000521. The first-order valence-corrected chi connectivity index (χ1v) is 8.21. The quantitative estimate of drug-likeness (QED) is 0.808. The summed E-state index contributed by atoms with van der Waals surface area (Å²) in [5.41, 5.74) is -0.842. The Morgan fingerprint density at radius 2 is 1.45 bits per heavy atom. The van der Waals surface area contributed by atoms with Crippen molar-refractivity contribution in [3.63, 3.8) is 0 Å². The molecule has 2 saturated carbocycles. The van der Waals surface area contributed by atoms with E-state index in [-0.39, 0.29) is 0 Å². The molecule has 0 unspecified atom stereocenters. The molecule has 2 fully saturated rings. The van der Waals surface area contributed by atoms with Gasteiger partial charge < -0.3 is 10.1 Å². The van der Waals surface area contributed by atoms with Gasteiger partial charge in [-0.15, -0.1) is 0 Å². The van der Waals surface area contributed by atoms with Gasteiger partial charge in [0.2, 0.25) is 0 Å². The van der Waals surface area contributed by atoms with Crippen LogP contribution in [0.4, 0.5) is 4.39 Å². The Kier molecular flexibility index (Phi) is 11.0. The maximum Gasteiger partial charge on any atom is 0.108 e. The van der Waals surface area contributed by atoms with E-state index in [4.69, 9.17) is 4.79 Å². The molecule has 0 aromatic carbocycles. The minimum absolute atomic E-state index is 0.814. The second kappa shape index (κ2) is 11.2. The first-order chi connectivity index (χ1) is 9.59. The van der Waals surface area contributed by atoms with Gasteiger partial charge >= 0.3 is 0 Å². The number of carbonyl (C=O) groups is 1. The van der Waals surface area contributed by atoms with Crippen LogP contribution in [0.25, 0.3) is 0 Å². The van der Waals surface area contributed by atoms with Crippen molar-refractivity contribution >= 4 is 6.79 Å². The van der Waals surface area contributed by atoms with E-state index >= 15 is 0 Å². The Hall–Kier alpha value is -0.440. The largest absolute Gasteiger partial charge is 0.320 e. The molecule has 0 aliphatic heterocycles. The number of hydrogen-bond donors (Lipinski definition) is 1. The summed E-state index contributed by atoms with van der Waals surface area (Å²) in [6.45, 7) is 6.92. The molecule has 0 aromatic heterocycles. The number of carbonyl (C=O) groups excluding carboxylic acids is 1. The maximum atomic E-state index is 13.6. The Labute approximate surface area is 124 Å². The third-order valence-corrected chi connectivity index (χ3v) is 4.74. The van der Waals surface area contributed by atoms with Crippen LogP contribution in [-0.4, -0.2) is 26.1 Å². The smallest absolute Gasteiger partial charge is 0.108 e. The molecule has 3 heteroatoms. The summed E-state index contributed by atoms with van der Waals surface area (Å²) in [6.07, 6.45) is 11.1. The third kappa shape index (κ3) is 7.98. The summed E-state index contributed by atoms with van der Waals surface area (Å²) in [6, 6.07) is 0. The SMILES string of the molecule is C=O.CC1(F)CCC(C2CCCCC2)CC1.CCNC. The minimum atomic E-state index is -0.842. The predicted molar refractivity (Wildman–Crippen MR) is 84.8 cm³/mol. The van der Waals surface area contributed by atoms with Crippen molar-refractivity contribution in [1.29, 1.82) is 0 Å². The van der Waals surface area contributed by atoms with Gasteiger partial charge in [-0.05, 0) is 58.0 Å².